The molecule has 1 aliphatic carbocycles. The molecule has 2 rings (SSSR count). The number of likely N-dealkylation sites (tertiary alicyclic amines) is 1. The monoisotopic (exact) mass is 254 g/mol. The Bertz CT molecular complexity index is 369. The van der Waals surface area contributed by atoms with E-state index < -0.39 is 23.6 Å². The molecule has 0 unspecified atom stereocenters. The lowest BCUT2D eigenvalue weighted by Crippen LogP contribution is -2.46. The Morgan fingerprint density at radius 2 is 1.94 bits per heavy atom. The van der Waals surface area contributed by atoms with Gasteiger partial charge in [0, 0.05) is 6.54 Å². The van der Waals surface area contributed by atoms with Crippen LogP contribution in [0.3, 0.4) is 0 Å². The van der Waals surface area contributed by atoms with Crippen LogP contribution in [0.5, 0.6) is 0 Å². The molecule has 5 nitrogen and oxygen atoms in total. The van der Waals surface area contributed by atoms with Crippen molar-refractivity contribution >= 4 is 12.0 Å². The predicted molar refractivity (Wildman–Crippen MR) is 66.8 cm³/mol. The van der Waals surface area contributed by atoms with Gasteiger partial charge in [-0.3, -0.25) is 9.69 Å². The third kappa shape index (κ3) is 2.44. The lowest BCUT2D eigenvalue weighted by Gasteiger charge is -2.37. The maximum atomic E-state index is 12.1. The Hall–Kier alpha value is -1.26. The van der Waals surface area contributed by atoms with Gasteiger partial charge in [0.25, 0.3) is 0 Å². The maximum Gasteiger partial charge on any atom is 0.410 e. The van der Waals surface area contributed by atoms with Crippen LogP contribution in [0.1, 0.15) is 46.5 Å². The average molecular weight is 254 g/mol. The molecule has 1 saturated heterocycles. The maximum absolute atomic E-state index is 12.1. The summed E-state index contributed by atoms with van der Waals surface area (Å²) in [4.78, 5) is 25.1. The number of nitrogens with two attached hydrogens (primary N) is 1. The summed E-state index contributed by atoms with van der Waals surface area (Å²) in [5.74, 6) is -0.426. The third-order valence-electron chi connectivity index (χ3n) is 3.88. The highest BCUT2D eigenvalue weighted by molar-refractivity contribution is 5.85. The number of carbonyl (C=O) groups excluding carboxylic acids is 2. The van der Waals surface area contributed by atoms with Crippen molar-refractivity contribution in [3.8, 4) is 0 Å². The summed E-state index contributed by atoms with van der Waals surface area (Å²) in [6.45, 7) is 6.06. The van der Waals surface area contributed by atoms with Crippen LogP contribution in [0, 0.1) is 5.41 Å². The van der Waals surface area contributed by atoms with Gasteiger partial charge in [0.05, 0.1) is 0 Å². The minimum absolute atomic E-state index is 0.122. The van der Waals surface area contributed by atoms with Crippen molar-refractivity contribution in [1.29, 1.82) is 0 Å². The first kappa shape index (κ1) is 13.2. The van der Waals surface area contributed by atoms with Gasteiger partial charge in [-0.1, -0.05) is 6.42 Å². The van der Waals surface area contributed by atoms with E-state index in [2.05, 4.69) is 0 Å². The van der Waals surface area contributed by atoms with Gasteiger partial charge >= 0.3 is 6.09 Å². The Kier molecular flexibility index (Phi) is 3.03. The van der Waals surface area contributed by atoms with Gasteiger partial charge in [-0.25, -0.2) is 4.79 Å². The zero-order valence-electron chi connectivity index (χ0n) is 11.4. The average Bonchev–Trinajstić information content (AvgIpc) is 2.54. The number of ether oxygens (including phenoxy) is 1. The highest BCUT2D eigenvalue weighted by Crippen LogP contribution is 2.50. The summed E-state index contributed by atoms with van der Waals surface area (Å²) in [5, 5.41) is 0. The van der Waals surface area contributed by atoms with E-state index in [4.69, 9.17) is 10.5 Å². The van der Waals surface area contributed by atoms with E-state index in [0.717, 1.165) is 12.8 Å². The Balaban J connectivity index is 2.10. The minimum Gasteiger partial charge on any atom is -0.444 e. The van der Waals surface area contributed by atoms with Crippen molar-refractivity contribution in [3.05, 3.63) is 0 Å². The van der Waals surface area contributed by atoms with Gasteiger partial charge in [-0.2, -0.15) is 0 Å². The predicted octanol–water partition coefficient (Wildman–Crippen LogP) is 1.65. The topological polar surface area (TPSA) is 72.6 Å². The van der Waals surface area contributed by atoms with Crippen LogP contribution in [0.4, 0.5) is 4.79 Å². The normalized spacial score (nSPS) is 25.9. The van der Waals surface area contributed by atoms with E-state index in [9.17, 15) is 9.59 Å². The molecule has 1 aliphatic heterocycles. The number of primary amides is 1. The van der Waals surface area contributed by atoms with Crippen LogP contribution in [-0.4, -0.2) is 35.1 Å². The Morgan fingerprint density at radius 1 is 1.33 bits per heavy atom. The molecule has 1 heterocycles. The van der Waals surface area contributed by atoms with Crippen LogP contribution in [0.25, 0.3) is 0 Å². The summed E-state index contributed by atoms with van der Waals surface area (Å²) in [6, 6.07) is -0.500. The quantitative estimate of drug-likeness (QED) is 0.773. The molecular weight excluding hydrogens is 232 g/mol. The number of hydrogen-bond acceptors (Lipinski definition) is 3. The second kappa shape index (κ2) is 4.14. The third-order valence-corrected chi connectivity index (χ3v) is 3.88. The summed E-state index contributed by atoms with van der Waals surface area (Å²) in [6.07, 6.45) is 3.61. The fraction of sp³-hybridized carbons (Fsp3) is 0.846. The van der Waals surface area contributed by atoms with E-state index in [1.54, 1.807) is 0 Å². The molecular formula is C13H22N2O3. The van der Waals surface area contributed by atoms with Crippen molar-refractivity contribution in [2.75, 3.05) is 6.54 Å². The van der Waals surface area contributed by atoms with Gasteiger partial charge < -0.3 is 10.5 Å². The fourth-order valence-corrected chi connectivity index (χ4v) is 2.86. The summed E-state index contributed by atoms with van der Waals surface area (Å²) >= 11 is 0. The lowest BCUT2D eigenvalue weighted by atomic mass is 9.67. The number of carbonyl (C=O) groups is 2. The first-order chi connectivity index (χ1) is 8.22. The van der Waals surface area contributed by atoms with Crippen molar-refractivity contribution in [3.63, 3.8) is 0 Å². The standard InChI is InChI=1S/C13H22N2O3/c1-12(2,3)18-11(17)15-8-13(5-4-6-13)7-9(15)10(14)16/h9H,4-8H2,1-3H3,(H2,14,16)/t9-/m0/s1. The van der Waals surface area contributed by atoms with Gasteiger partial charge in [-0.05, 0) is 45.4 Å². The lowest BCUT2D eigenvalue weighted by molar-refractivity contribution is -0.122. The summed E-state index contributed by atoms with van der Waals surface area (Å²) in [7, 11) is 0. The van der Waals surface area contributed by atoms with Crippen molar-refractivity contribution in [1.82, 2.24) is 4.90 Å². The highest BCUT2D eigenvalue weighted by atomic mass is 16.6. The van der Waals surface area contributed by atoms with Crippen LogP contribution >= 0.6 is 0 Å². The van der Waals surface area contributed by atoms with Gasteiger partial charge in [0.15, 0.2) is 0 Å². The second-order valence-electron chi connectivity index (χ2n) is 6.58. The van der Waals surface area contributed by atoms with Gasteiger partial charge in [-0.15, -0.1) is 0 Å². The second-order valence-corrected chi connectivity index (χ2v) is 6.58. The molecule has 2 N–H and O–H groups in total. The van der Waals surface area contributed by atoms with E-state index >= 15 is 0 Å². The molecule has 0 aromatic heterocycles. The molecule has 5 heteroatoms. The molecule has 0 aromatic carbocycles. The van der Waals surface area contributed by atoms with Gasteiger partial charge in [0.2, 0.25) is 5.91 Å². The largest absolute Gasteiger partial charge is 0.444 e. The molecule has 1 atom stereocenters. The number of rotatable bonds is 1. The molecule has 0 bridgehead atoms. The molecule has 0 aromatic rings. The summed E-state index contributed by atoms with van der Waals surface area (Å²) < 4.78 is 5.34. The van der Waals surface area contributed by atoms with Crippen molar-refractivity contribution in [2.45, 2.75) is 58.1 Å². The first-order valence-corrected chi connectivity index (χ1v) is 6.51. The van der Waals surface area contributed by atoms with E-state index in [-0.39, 0.29) is 5.41 Å². The number of hydrogen-bond donors (Lipinski definition) is 1. The number of nitrogens with zero attached hydrogens (tertiary/aromatic N) is 1. The van der Waals surface area contributed by atoms with E-state index in [1.807, 2.05) is 20.8 Å². The summed E-state index contributed by atoms with van der Waals surface area (Å²) in [5.41, 5.74) is 4.98. The zero-order valence-corrected chi connectivity index (χ0v) is 11.4. The Labute approximate surface area is 108 Å². The molecule has 18 heavy (non-hydrogen) atoms. The van der Waals surface area contributed by atoms with Gasteiger partial charge in [0.1, 0.15) is 11.6 Å². The van der Waals surface area contributed by atoms with Crippen LogP contribution < -0.4 is 5.73 Å². The van der Waals surface area contributed by atoms with Crippen molar-refractivity contribution < 1.29 is 14.3 Å². The van der Waals surface area contributed by atoms with E-state index in [0.29, 0.717) is 13.0 Å². The van der Waals surface area contributed by atoms with Crippen LogP contribution in [-0.2, 0) is 9.53 Å². The smallest absolute Gasteiger partial charge is 0.410 e. The fourth-order valence-electron chi connectivity index (χ4n) is 2.86. The van der Waals surface area contributed by atoms with Crippen molar-refractivity contribution in [2.24, 2.45) is 11.1 Å². The Morgan fingerprint density at radius 3 is 2.33 bits per heavy atom. The molecule has 2 aliphatic rings. The molecule has 102 valence electrons. The molecule has 1 spiro atoms. The first-order valence-electron chi connectivity index (χ1n) is 6.51. The minimum atomic E-state index is -0.547. The van der Waals surface area contributed by atoms with Crippen LogP contribution in [0.2, 0.25) is 0 Å². The molecule has 2 fully saturated rings. The SMILES string of the molecule is CC(C)(C)OC(=O)N1CC2(CCC2)C[C@H]1C(N)=O. The highest BCUT2D eigenvalue weighted by Gasteiger charge is 2.51. The molecule has 0 radical (unpaired) electrons. The molecule has 2 amide bonds. The van der Waals surface area contributed by atoms with E-state index in [1.165, 1.54) is 11.3 Å². The molecule has 1 saturated carbocycles. The van der Waals surface area contributed by atoms with Crippen LogP contribution in [0.15, 0.2) is 0 Å². The number of amides is 2. The zero-order chi connectivity index (χ0) is 13.6.